The molecule has 1 aromatic rings. The van der Waals surface area contributed by atoms with E-state index in [-0.39, 0.29) is 18.9 Å². The van der Waals surface area contributed by atoms with Crippen molar-refractivity contribution in [3.05, 3.63) is 41.1 Å². The number of primary amides is 1. The summed E-state index contributed by atoms with van der Waals surface area (Å²) in [5.41, 5.74) is 8.03. The lowest BCUT2D eigenvalue weighted by Gasteiger charge is -2.14. The molecule has 0 saturated carbocycles. The molecule has 0 bridgehead atoms. The van der Waals surface area contributed by atoms with E-state index in [0.29, 0.717) is 11.3 Å². The van der Waals surface area contributed by atoms with Gasteiger partial charge in [0.2, 0.25) is 0 Å². The Balaban J connectivity index is 1.99. The van der Waals surface area contributed by atoms with Crippen molar-refractivity contribution in [1.82, 2.24) is 0 Å². The van der Waals surface area contributed by atoms with Crippen molar-refractivity contribution in [1.29, 1.82) is 0 Å². The average Bonchev–Trinajstić information content (AvgIpc) is 2.58. The maximum atomic E-state index is 12.2. The van der Waals surface area contributed by atoms with Gasteiger partial charge in [-0.1, -0.05) is 12.1 Å². The van der Waals surface area contributed by atoms with E-state index in [9.17, 15) is 9.59 Å². The fourth-order valence-electron chi connectivity index (χ4n) is 1.79. The fourth-order valence-corrected chi connectivity index (χ4v) is 2.47. The van der Waals surface area contributed by atoms with Crippen LogP contribution in [0.3, 0.4) is 0 Å². The Bertz CT molecular complexity index is 640. The number of nitrogens with two attached hydrogens (primary N) is 1. The molecule has 0 fully saturated rings. The number of rotatable bonds is 6. The third-order valence-electron chi connectivity index (χ3n) is 2.96. The molecule has 122 valence electrons. The van der Waals surface area contributed by atoms with Crippen LogP contribution >= 0.6 is 11.8 Å². The van der Waals surface area contributed by atoms with Crippen LogP contribution in [0.5, 0.6) is 5.75 Å². The van der Waals surface area contributed by atoms with Crippen molar-refractivity contribution < 1.29 is 23.8 Å². The van der Waals surface area contributed by atoms with Gasteiger partial charge in [-0.15, -0.1) is 11.8 Å². The molecule has 2 N–H and O–H groups in total. The van der Waals surface area contributed by atoms with Gasteiger partial charge in [-0.05, 0) is 17.7 Å². The SMILES string of the molecule is COc1ccc(COC(=O)C2=C(COC(N)=O)CSC=N2)cc1. The zero-order chi connectivity index (χ0) is 16.7. The van der Waals surface area contributed by atoms with Crippen molar-refractivity contribution in [3.8, 4) is 5.75 Å². The highest BCUT2D eigenvalue weighted by Gasteiger charge is 2.20. The Morgan fingerprint density at radius 3 is 2.61 bits per heavy atom. The highest BCUT2D eigenvalue weighted by atomic mass is 32.2. The van der Waals surface area contributed by atoms with Crippen LogP contribution in [0.25, 0.3) is 0 Å². The molecule has 1 aliphatic heterocycles. The van der Waals surface area contributed by atoms with Crippen LogP contribution in [0, 0.1) is 0 Å². The van der Waals surface area contributed by atoms with E-state index in [1.807, 2.05) is 0 Å². The number of carbonyl (C=O) groups is 2. The number of benzene rings is 1. The number of ether oxygens (including phenoxy) is 3. The average molecular weight is 336 g/mol. The normalized spacial score (nSPS) is 13.6. The lowest BCUT2D eigenvalue weighted by Crippen LogP contribution is -2.19. The molecule has 0 radical (unpaired) electrons. The van der Waals surface area contributed by atoms with E-state index in [1.165, 1.54) is 11.8 Å². The van der Waals surface area contributed by atoms with E-state index in [4.69, 9.17) is 19.9 Å². The van der Waals surface area contributed by atoms with Crippen molar-refractivity contribution in [3.63, 3.8) is 0 Å². The van der Waals surface area contributed by atoms with Crippen LogP contribution in [0.1, 0.15) is 5.56 Å². The quantitative estimate of drug-likeness (QED) is 0.796. The number of aliphatic imine (C=N–C) groups is 1. The first kappa shape index (κ1) is 16.9. The summed E-state index contributed by atoms with van der Waals surface area (Å²) in [5, 5.41) is 0. The lowest BCUT2D eigenvalue weighted by molar-refractivity contribution is -0.140. The first-order chi connectivity index (χ1) is 11.1. The molecular weight excluding hydrogens is 320 g/mol. The second-order valence-corrected chi connectivity index (χ2v) is 5.36. The summed E-state index contributed by atoms with van der Waals surface area (Å²) in [5.74, 6) is 0.645. The van der Waals surface area contributed by atoms with Gasteiger partial charge in [0.1, 0.15) is 19.0 Å². The van der Waals surface area contributed by atoms with Crippen LogP contribution in [0.2, 0.25) is 0 Å². The predicted molar refractivity (Wildman–Crippen MR) is 86.3 cm³/mol. The summed E-state index contributed by atoms with van der Waals surface area (Å²) in [6.07, 6.45) is -0.900. The molecule has 0 aliphatic carbocycles. The summed E-state index contributed by atoms with van der Waals surface area (Å²) >= 11 is 1.39. The van der Waals surface area contributed by atoms with Gasteiger partial charge in [0.05, 0.1) is 12.7 Å². The number of hydrogen-bond acceptors (Lipinski definition) is 7. The number of methoxy groups -OCH3 is 1. The summed E-state index contributed by atoms with van der Waals surface area (Å²) in [4.78, 5) is 26.9. The number of amides is 1. The molecule has 2 rings (SSSR count). The molecule has 0 unspecified atom stereocenters. The Morgan fingerprint density at radius 2 is 1.96 bits per heavy atom. The molecule has 1 amide bonds. The van der Waals surface area contributed by atoms with Crippen molar-refractivity contribution in [2.45, 2.75) is 6.61 Å². The first-order valence-electron chi connectivity index (χ1n) is 6.68. The topological polar surface area (TPSA) is 100 Å². The maximum absolute atomic E-state index is 12.2. The minimum Gasteiger partial charge on any atom is -0.497 e. The Morgan fingerprint density at radius 1 is 1.22 bits per heavy atom. The second-order valence-electron chi connectivity index (χ2n) is 4.53. The Hall–Kier alpha value is -2.48. The number of carbonyl (C=O) groups excluding carboxylic acids is 2. The summed E-state index contributed by atoms with van der Waals surface area (Å²) in [6.45, 7) is 0.0333. The third kappa shape index (κ3) is 5.03. The zero-order valence-electron chi connectivity index (χ0n) is 12.5. The predicted octanol–water partition coefficient (Wildman–Crippen LogP) is 1.86. The third-order valence-corrected chi connectivity index (χ3v) is 3.73. The van der Waals surface area contributed by atoms with E-state index in [1.54, 1.807) is 36.9 Å². The number of thioether (sulfide) groups is 1. The smallest absolute Gasteiger partial charge is 0.404 e. The second kappa shape index (κ2) is 8.23. The van der Waals surface area contributed by atoms with Crippen LogP contribution in [-0.2, 0) is 20.9 Å². The van der Waals surface area contributed by atoms with Crippen molar-refractivity contribution >= 4 is 29.4 Å². The number of esters is 1. The molecule has 7 nitrogen and oxygen atoms in total. The van der Waals surface area contributed by atoms with Gasteiger partial charge in [-0.3, -0.25) is 0 Å². The van der Waals surface area contributed by atoms with E-state index >= 15 is 0 Å². The summed E-state index contributed by atoms with van der Waals surface area (Å²) in [6, 6.07) is 7.17. The largest absolute Gasteiger partial charge is 0.497 e. The Kier molecular flexibility index (Phi) is 6.04. The lowest BCUT2D eigenvalue weighted by atomic mass is 10.2. The van der Waals surface area contributed by atoms with Crippen LogP contribution in [0.15, 0.2) is 40.5 Å². The van der Waals surface area contributed by atoms with Crippen LogP contribution < -0.4 is 10.5 Å². The molecule has 1 aliphatic rings. The molecule has 23 heavy (non-hydrogen) atoms. The van der Waals surface area contributed by atoms with Crippen molar-refractivity contribution in [2.75, 3.05) is 19.5 Å². The number of nitrogens with zero attached hydrogens (tertiary/aromatic N) is 1. The minimum absolute atomic E-state index is 0.0767. The molecule has 0 saturated heterocycles. The summed E-state index contributed by atoms with van der Waals surface area (Å²) < 4.78 is 15.0. The van der Waals surface area contributed by atoms with Gasteiger partial charge in [-0.25, -0.2) is 14.6 Å². The monoisotopic (exact) mass is 336 g/mol. The first-order valence-corrected chi connectivity index (χ1v) is 7.73. The number of hydrogen-bond donors (Lipinski definition) is 1. The maximum Gasteiger partial charge on any atom is 0.404 e. The molecule has 1 aromatic carbocycles. The van der Waals surface area contributed by atoms with E-state index in [0.717, 1.165) is 11.3 Å². The summed E-state index contributed by atoms with van der Waals surface area (Å²) in [7, 11) is 1.58. The molecular formula is C15H16N2O5S. The highest BCUT2D eigenvalue weighted by molar-refractivity contribution is 8.12. The van der Waals surface area contributed by atoms with Gasteiger partial charge < -0.3 is 19.9 Å². The zero-order valence-corrected chi connectivity index (χ0v) is 13.3. The minimum atomic E-state index is -0.900. The molecule has 0 spiro atoms. The van der Waals surface area contributed by atoms with Crippen LogP contribution in [0.4, 0.5) is 4.79 Å². The van der Waals surface area contributed by atoms with Gasteiger partial charge in [0.15, 0.2) is 5.70 Å². The van der Waals surface area contributed by atoms with Gasteiger partial charge in [0, 0.05) is 11.3 Å². The Labute approximate surface area is 137 Å². The highest BCUT2D eigenvalue weighted by Crippen LogP contribution is 2.20. The molecule has 0 aromatic heterocycles. The van der Waals surface area contributed by atoms with Crippen molar-refractivity contribution in [2.24, 2.45) is 10.7 Å². The van der Waals surface area contributed by atoms with E-state index < -0.39 is 12.1 Å². The van der Waals surface area contributed by atoms with Crippen LogP contribution in [-0.4, -0.2) is 37.1 Å². The standard InChI is InChI=1S/C15H16N2O5S/c1-20-12-4-2-10(3-5-12)6-21-14(18)13-11(7-22-15(16)19)8-23-9-17-13/h2-5,9H,6-8H2,1H3,(H2,16,19). The molecule has 8 heteroatoms. The van der Waals surface area contributed by atoms with E-state index in [2.05, 4.69) is 4.99 Å². The fraction of sp³-hybridized carbons (Fsp3) is 0.267. The molecule has 1 heterocycles. The van der Waals surface area contributed by atoms with Gasteiger partial charge in [0.25, 0.3) is 0 Å². The van der Waals surface area contributed by atoms with Gasteiger partial charge >= 0.3 is 12.1 Å². The van der Waals surface area contributed by atoms with Gasteiger partial charge in [-0.2, -0.15) is 0 Å². The molecule has 0 atom stereocenters.